The molecular weight excluding hydrogens is 304 g/mol. The predicted octanol–water partition coefficient (Wildman–Crippen LogP) is 1.34. The molecule has 0 saturated heterocycles. The maximum atomic E-state index is 10.1. The summed E-state index contributed by atoms with van der Waals surface area (Å²) in [4.78, 5) is 10.1. The molecule has 0 aromatic heterocycles. The summed E-state index contributed by atoms with van der Waals surface area (Å²) in [6.45, 7) is -0.444. The van der Waals surface area contributed by atoms with E-state index in [9.17, 15) is 9.90 Å². The van der Waals surface area contributed by atoms with Gasteiger partial charge in [-0.1, -0.05) is 15.9 Å². The van der Waals surface area contributed by atoms with Crippen LogP contribution in [0, 0.1) is 0 Å². The van der Waals surface area contributed by atoms with Crippen molar-refractivity contribution in [2.24, 2.45) is 0 Å². The molecule has 0 amide bonds. The van der Waals surface area contributed by atoms with Crippen LogP contribution in [0.2, 0.25) is 0 Å². The van der Waals surface area contributed by atoms with Crippen LogP contribution >= 0.6 is 31.9 Å². The minimum Gasteiger partial charge on any atom is -0.546 e. The number of benzene rings is 1. The number of carbonyl (C=O) groups excluding carboxylic acids is 1. The van der Waals surface area contributed by atoms with Gasteiger partial charge in [0.1, 0.15) is 12.4 Å². The van der Waals surface area contributed by atoms with Gasteiger partial charge in [0, 0.05) is 4.47 Å². The molecule has 0 N–H and O–H groups in total. The lowest BCUT2D eigenvalue weighted by Gasteiger charge is -2.08. The fourth-order valence-corrected chi connectivity index (χ4v) is 1.89. The van der Waals surface area contributed by atoms with Crippen LogP contribution in [-0.2, 0) is 4.79 Å². The molecule has 5 heteroatoms. The van der Waals surface area contributed by atoms with E-state index in [1.807, 2.05) is 0 Å². The molecule has 0 fully saturated rings. The Labute approximate surface area is 92.0 Å². The highest BCUT2D eigenvalue weighted by Crippen LogP contribution is 2.27. The van der Waals surface area contributed by atoms with Crippen LogP contribution in [-0.4, -0.2) is 12.6 Å². The Morgan fingerprint density at radius 2 is 2.15 bits per heavy atom. The third-order valence-corrected chi connectivity index (χ3v) is 2.35. The molecule has 13 heavy (non-hydrogen) atoms. The third-order valence-electron chi connectivity index (χ3n) is 1.24. The number of halogens is 2. The summed E-state index contributed by atoms with van der Waals surface area (Å²) in [6, 6.07) is 5.19. The Morgan fingerprint density at radius 1 is 1.46 bits per heavy atom. The molecule has 0 aliphatic heterocycles. The number of ether oxygens (including phenoxy) is 1. The topological polar surface area (TPSA) is 49.4 Å². The molecule has 70 valence electrons. The van der Waals surface area contributed by atoms with Crippen molar-refractivity contribution in [2.75, 3.05) is 6.61 Å². The molecule has 0 radical (unpaired) electrons. The van der Waals surface area contributed by atoms with Gasteiger partial charge in [0.15, 0.2) is 0 Å². The summed E-state index contributed by atoms with van der Waals surface area (Å²) in [5.74, 6) is -0.762. The molecule has 0 spiro atoms. The Morgan fingerprint density at radius 3 is 2.69 bits per heavy atom. The smallest absolute Gasteiger partial charge is 0.134 e. The zero-order valence-corrected chi connectivity index (χ0v) is 9.59. The second-order valence-corrected chi connectivity index (χ2v) is 4.01. The van der Waals surface area contributed by atoms with Crippen molar-refractivity contribution in [1.82, 2.24) is 0 Å². The SMILES string of the molecule is O=C([O-])COc1ccc(Br)cc1Br. The van der Waals surface area contributed by atoms with Crippen LogP contribution in [0.15, 0.2) is 27.1 Å². The molecule has 1 aromatic carbocycles. The molecule has 0 unspecified atom stereocenters. The van der Waals surface area contributed by atoms with E-state index in [4.69, 9.17) is 4.74 Å². The van der Waals surface area contributed by atoms with E-state index in [0.29, 0.717) is 10.2 Å². The number of hydrogen-bond acceptors (Lipinski definition) is 3. The fraction of sp³-hybridized carbons (Fsp3) is 0.125. The van der Waals surface area contributed by atoms with E-state index in [2.05, 4.69) is 31.9 Å². The highest BCUT2D eigenvalue weighted by molar-refractivity contribution is 9.11. The zero-order valence-electron chi connectivity index (χ0n) is 6.42. The molecule has 0 saturated carbocycles. The van der Waals surface area contributed by atoms with Crippen LogP contribution in [0.1, 0.15) is 0 Å². The Hall–Kier alpha value is -0.550. The van der Waals surface area contributed by atoms with E-state index in [1.165, 1.54) is 0 Å². The lowest BCUT2D eigenvalue weighted by atomic mass is 10.3. The van der Waals surface area contributed by atoms with E-state index < -0.39 is 12.6 Å². The van der Waals surface area contributed by atoms with Crippen LogP contribution < -0.4 is 9.84 Å². The summed E-state index contributed by atoms with van der Waals surface area (Å²) < 4.78 is 6.51. The second kappa shape index (κ2) is 4.62. The van der Waals surface area contributed by atoms with Gasteiger partial charge >= 0.3 is 0 Å². The first-order valence-corrected chi connectivity index (χ1v) is 4.96. The molecule has 0 atom stereocenters. The maximum absolute atomic E-state index is 10.1. The number of aliphatic carboxylic acids is 1. The molecule has 0 aliphatic carbocycles. The Kier molecular flexibility index (Phi) is 3.74. The van der Waals surface area contributed by atoms with Crippen LogP contribution in [0.4, 0.5) is 0 Å². The number of rotatable bonds is 3. The molecule has 0 aliphatic rings. The third kappa shape index (κ3) is 3.36. The average Bonchev–Trinajstić information content (AvgIpc) is 2.02. The molecule has 3 nitrogen and oxygen atoms in total. The summed E-state index contributed by atoms with van der Waals surface area (Å²) in [5.41, 5.74) is 0. The van der Waals surface area contributed by atoms with Gasteiger partial charge in [-0.15, -0.1) is 0 Å². The fourth-order valence-electron chi connectivity index (χ4n) is 0.729. The summed E-state index contributed by atoms with van der Waals surface area (Å²) >= 11 is 6.49. The lowest BCUT2D eigenvalue weighted by Crippen LogP contribution is -2.28. The summed E-state index contributed by atoms with van der Waals surface area (Å²) in [6.07, 6.45) is 0. The van der Waals surface area contributed by atoms with Gasteiger partial charge in [0.05, 0.1) is 10.4 Å². The highest BCUT2D eigenvalue weighted by Gasteiger charge is 2.00. The second-order valence-electron chi connectivity index (χ2n) is 2.24. The standard InChI is InChI=1S/C8H6Br2O3/c9-5-1-2-7(6(10)3-5)13-4-8(11)12/h1-3H,4H2,(H,11,12)/p-1. The van der Waals surface area contributed by atoms with Crippen LogP contribution in [0.3, 0.4) is 0 Å². The van der Waals surface area contributed by atoms with Gasteiger partial charge in [-0.2, -0.15) is 0 Å². The number of carbonyl (C=O) groups is 1. The van der Waals surface area contributed by atoms with Crippen molar-refractivity contribution in [3.63, 3.8) is 0 Å². The van der Waals surface area contributed by atoms with Gasteiger partial charge in [0.2, 0.25) is 0 Å². The first kappa shape index (κ1) is 10.5. The summed E-state index contributed by atoms with van der Waals surface area (Å²) in [5, 5.41) is 10.1. The Balaban J connectivity index is 2.72. The lowest BCUT2D eigenvalue weighted by molar-refractivity contribution is -0.307. The van der Waals surface area contributed by atoms with Gasteiger partial charge in [-0.25, -0.2) is 0 Å². The molecular formula is C8H5Br2O3-. The normalized spacial score (nSPS) is 9.69. The van der Waals surface area contributed by atoms with Crippen molar-refractivity contribution in [2.45, 2.75) is 0 Å². The van der Waals surface area contributed by atoms with E-state index in [-0.39, 0.29) is 0 Å². The van der Waals surface area contributed by atoms with Gasteiger partial charge in [-0.3, -0.25) is 0 Å². The number of carboxylic acid groups (broad SMARTS) is 1. The van der Waals surface area contributed by atoms with Crippen molar-refractivity contribution in [1.29, 1.82) is 0 Å². The molecule has 1 rings (SSSR count). The average molecular weight is 309 g/mol. The van der Waals surface area contributed by atoms with E-state index in [0.717, 1.165) is 4.47 Å². The quantitative estimate of drug-likeness (QED) is 0.847. The Bertz CT molecular complexity index is 325. The predicted molar refractivity (Wildman–Crippen MR) is 52.3 cm³/mol. The largest absolute Gasteiger partial charge is 0.546 e. The molecule has 0 heterocycles. The monoisotopic (exact) mass is 307 g/mol. The summed E-state index contributed by atoms with van der Waals surface area (Å²) in [7, 11) is 0. The molecule has 0 bridgehead atoms. The van der Waals surface area contributed by atoms with E-state index in [1.54, 1.807) is 18.2 Å². The van der Waals surface area contributed by atoms with E-state index >= 15 is 0 Å². The zero-order chi connectivity index (χ0) is 9.84. The van der Waals surface area contributed by atoms with Crippen molar-refractivity contribution in [3.05, 3.63) is 27.1 Å². The molecule has 1 aromatic rings. The first-order chi connectivity index (χ1) is 6.09. The van der Waals surface area contributed by atoms with Crippen LogP contribution in [0.5, 0.6) is 5.75 Å². The number of hydrogen-bond donors (Lipinski definition) is 0. The first-order valence-electron chi connectivity index (χ1n) is 3.37. The van der Waals surface area contributed by atoms with Gasteiger partial charge in [-0.05, 0) is 34.1 Å². The van der Waals surface area contributed by atoms with Crippen molar-refractivity contribution in [3.8, 4) is 5.75 Å². The minimum atomic E-state index is -1.24. The van der Waals surface area contributed by atoms with Gasteiger partial charge < -0.3 is 14.6 Å². The maximum Gasteiger partial charge on any atom is 0.134 e. The van der Waals surface area contributed by atoms with Crippen molar-refractivity contribution < 1.29 is 14.6 Å². The highest BCUT2D eigenvalue weighted by atomic mass is 79.9. The van der Waals surface area contributed by atoms with Gasteiger partial charge in [0.25, 0.3) is 0 Å². The van der Waals surface area contributed by atoms with Crippen molar-refractivity contribution >= 4 is 37.8 Å². The van der Waals surface area contributed by atoms with Crippen LogP contribution in [0.25, 0.3) is 0 Å². The number of carboxylic acids is 1. The minimum absolute atomic E-state index is 0.444.